The van der Waals surface area contributed by atoms with Crippen LogP contribution in [0, 0.1) is 5.82 Å². The zero-order valence-corrected chi connectivity index (χ0v) is 17.3. The molecule has 8 heteroatoms. The van der Waals surface area contributed by atoms with Gasteiger partial charge in [0.1, 0.15) is 16.5 Å². The van der Waals surface area contributed by atoms with Gasteiger partial charge >= 0.3 is 0 Å². The summed E-state index contributed by atoms with van der Waals surface area (Å²) in [6, 6.07) is 15.0. The van der Waals surface area contributed by atoms with Gasteiger partial charge in [0.15, 0.2) is 0 Å². The fraction of sp³-hybridized carbons (Fsp3) is 0.136. The average molecular weight is 425 g/mol. The quantitative estimate of drug-likeness (QED) is 0.466. The van der Waals surface area contributed by atoms with Gasteiger partial charge in [0.25, 0.3) is 10.0 Å². The van der Waals surface area contributed by atoms with Crippen LogP contribution in [0.1, 0.15) is 5.56 Å². The van der Waals surface area contributed by atoms with Crippen molar-refractivity contribution in [3.05, 3.63) is 84.6 Å². The zero-order chi connectivity index (χ0) is 21.3. The molecule has 0 amide bonds. The van der Waals surface area contributed by atoms with E-state index in [2.05, 4.69) is 4.98 Å². The number of ether oxygens (including phenoxy) is 1. The maximum Gasteiger partial charge on any atom is 0.269 e. The Hall–Kier alpha value is -3.39. The number of halogens is 1. The second kappa shape index (κ2) is 7.79. The van der Waals surface area contributed by atoms with Crippen LogP contribution in [0.5, 0.6) is 5.75 Å². The number of fused-ring (bicyclic) bond motifs is 1. The first-order valence-corrected chi connectivity index (χ1v) is 10.6. The number of aromatic nitrogens is 2. The minimum absolute atomic E-state index is 0.104. The molecule has 4 aromatic rings. The summed E-state index contributed by atoms with van der Waals surface area (Å²) in [4.78, 5) is 5.76. The van der Waals surface area contributed by atoms with Gasteiger partial charge in [-0.3, -0.25) is 4.98 Å². The second-order valence-corrected chi connectivity index (χ2v) is 8.65. The van der Waals surface area contributed by atoms with Crippen molar-refractivity contribution in [2.24, 2.45) is 0 Å². The van der Waals surface area contributed by atoms with E-state index < -0.39 is 15.8 Å². The normalized spacial score (nSPS) is 11.6. The van der Waals surface area contributed by atoms with Crippen LogP contribution in [0.3, 0.4) is 0 Å². The number of para-hydroxylation sites is 1. The van der Waals surface area contributed by atoms with Gasteiger partial charge in [0.05, 0.1) is 18.3 Å². The van der Waals surface area contributed by atoms with Crippen molar-refractivity contribution in [2.45, 2.75) is 11.4 Å². The van der Waals surface area contributed by atoms with E-state index in [0.29, 0.717) is 23.5 Å². The van der Waals surface area contributed by atoms with E-state index in [0.717, 1.165) is 10.9 Å². The number of rotatable bonds is 6. The molecule has 2 heterocycles. The van der Waals surface area contributed by atoms with Crippen molar-refractivity contribution in [1.82, 2.24) is 8.96 Å². The van der Waals surface area contributed by atoms with Crippen molar-refractivity contribution < 1.29 is 17.5 Å². The van der Waals surface area contributed by atoms with E-state index in [1.54, 1.807) is 48.5 Å². The Kier molecular flexibility index (Phi) is 5.17. The highest BCUT2D eigenvalue weighted by Gasteiger charge is 2.22. The van der Waals surface area contributed by atoms with Gasteiger partial charge in [0.2, 0.25) is 0 Å². The van der Waals surface area contributed by atoms with Crippen LogP contribution in [-0.4, -0.2) is 31.5 Å². The highest BCUT2D eigenvalue weighted by atomic mass is 32.2. The van der Waals surface area contributed by atoms with Crippen molar-refractivity contribution in [3.63, 3.8) is 0 Å². The summed E-state index contributed by atoms with van der Waals surface area (Å²) in [7, 11) is -0.579. The number of nitrogens with zero attached hydrogens (tertiary/aromatic N) is 3. The van der Waals surface area contributed by atoms with E-state index in [9.17, 15) is 12.8 Å². The number of hydrogen-bond acceptors (Lipinski definition) is 5. The molecule has 0 bridgehead atoms. The lowest BCUT2D eigenvalue weighted by Crippen LogP contribution is -2.18. The molecule has 6 nitrogen and oxygen atoms in total. The van der Waals surface area contributed by atoms with Crippen LogP contribution in [0.25, 0.3) is 10.9 Å². The van der Waals surface area contributed by atoms with Crippen LogP contribution in [0.2, 0.25) is 0 Å². The molecule has 30 heavy (non-hydrogen) atoms. The molecule has 0 unspecified atom stereocenters. The molecule has 0 saturated carbocycles. The lowest BCUT2D eigenvalue weighted by molar-refractivity contribution is 0.411. The third-order valence-electron chi connectivity index (χ3n) is 4.93. The number of anilines is 1. The first-order valence-electron chi connectivity index (χ1n) is 9.21. The molecule has 2 aromatic carbocycles. The molecule has 0 aliphatic heterocycles. The third-order valence-corrected chi connectivity index (χ3v) is 6.58. The number of hydrogen-bond donors (Lipinski definition) is 0. The molecule has 0 atom stereocenters. The summed E-state index contributed by atoms with van der Waals surface area (Å²) >= 11 is 0. The smallest absolute Gasteiger partial charge is 0.269 e. The van der Waals surface area contributed by atoms with Gasteiger partial charge in [-0.25, -0.2) is 16.8 Å². The van der Waals surface area contributed by atoms with Crippen molar-refractivity contribution >= 4 is 26.6 Å². The van der Waals surface area contributed by atoms with E-state index in [4.69, 9.17) is 4.74 Å². The minimum Gasteiger partial charge on any atom is -0.497 e. The van der Waals surface area contributed by atoms with Gasteiger partial charge in [-0.05, 0) is 35.9 Å². The standard InChI is InChI=1S/C22H20FN3O3S/c1-25(22-10-9-17(29-2)12-20(22)23)14-16-15-26(21-8-4-3-7-19(16)21)30(27,28)18-6-5-11-24-13-18/h3-13,15H,14H2,1-2H3. The fourth-order valence-electron chi connectivity index (χ4n) is 3.42. The Bertz CT molecular complexity index is 1300. The first kappa shape index (κ1) is 19.9. The minimum atomic E-state index is -3.82. The lowest BCUT2D eigenvalue weighted by atomic mass is 10.1. The number of pyridine rings is 1. The van der Waals surface area contributed by atoms with Crippen molar-refractivity contribution in [1.29, 1.82) is 0 Å². The van der Waals surface area contributed by atoms with Crippen LogP contribution >= 0.6 is 0 Å². The molecule has 2 aromatic heterocycles. The summed E-state index contributed by atoms with van der Waals surface area (Å²) in [6.07, 6.45) is 4.43. The molecule has 154 valence electrons. The molecule has 0 aliphatic carbocycles. The molecule has 0 saturated heterocycles. The van der Waals surface area contributed by atoms with Gasteiger partial charge in [-0.15, -0.1) is 0 Å². The number of methoxy groups -OCH3 is 1. The van der Waals surface area contributed by atoms with E-state index in [1.807, 2.05) is 12.1 Å². The number of benzene rings is 2. The molecule has 0 aliphatic rings. The first-order chi connectivity index (χ1) is 14.4. The van der Waals surface area contributed by atoms with E-state index >= 15 is 0 Å². The summed E-state index contributed by atoms with van der Waals surface area (Å²) in [5, 5.41) is 0.783. The van der Waals surface area contributed by atoms with Gasteiger partial charge < -0.3 is 9.64 Å². The molecule has 0 fully saturated rings. The van der Waals surface area contributed by atoms with Crippen LogP contribution in [0.15, 0.2) is 78.1 Å². The van der Waals surface area contributed by atoms with E-state index in [-0.39, 0.29) is 4.90 Å². The van der Waals surface area contributed by atoms with Crippen LogP contribution in [-0.2, 0) is 16.6 Å². The molecular formula is C22H20FN3O3S. The fourth-order valence-corrected chi connectivity index (χ4v) is 4.78. The predicted molar refractivity (Wildman–Crippen MR) is 114 cm³/mol. The SMILES string of the molecule is COc1ccc(N(C)Cc2cn(S(=O)(=O)c3cccnc3)c3ccccc23)c(F)c1. The van der Waals surface area contributed by atoms with Crippen LogP contribution < -0.4 is 9.64 Å². The zero-order valence-electron chi connectivity index (χ0n) is 16.5. The van der Waals surface area contributed by atoms with Crippen LogP contribution in [0.4, 0.5) is 10.1 Å². The highest BCUT2D eigenvalue weighted by Crippen LogP contribution is 2.29. The van der Waals surface area contributed by atoms with Gasteiger partial charge in [-0.2, -0.15) is 0 Å². The predicted octanol–water partition coefficient (Wildman–Crippen LogP) is 4.06. The summed E-state index contributed by atoms with van der Waals surface area (Å²) in [6.45, 7) is 0.319. The summed E-state index contributed by atoms with van der Waals surface area (Å²) < 4.78 is 47.2. The topological polar surface area (TPSA) is 64.4 Å². The summed E-state index contributed by atoms with van der Waals surface area (Å²) in [5.74, 6) is 0.0207. The van der Waals surface area contributed by atoms with Crippen molar-refractivity contribution in [2.75, 3.05) is 19.1 Å². The van der Waals surface area contributed by atoms with Crippen molar-refractivity contribution in [3.8, 4) is 5.75 Å². The monoisotopic (exact) mass is 425 g/mol. The molecule has 0 radical (unpaired) electrons. The molecule has 0 N–H and O–H groups in total. The Morgan fingerprint density at radius 2 is 1.93 bits per heavy atom. The molecule has 4 rings (SSSR count). The Morgan fingerprint density at radius 1 is 1.13 bits per heavy atom. The Morgan fingerprint density at radius 3 is 2.63 bits per heavy atom. The summed E-state index contributed by atoms with van der Waals surface area (Å²) in [5.41, 5.74) is 1.71. The second-order valence-electron chi connectivity index (χ2n) is 6.83. The van der Waals surface area contributed by atoms with Gasteiger partial charge in [0, 0.05) is 43.6 Å². The Balaban J connectivity index is 1.76. The van der Waals surface area contributed by atoms with E-state index in [1.165, 1.54) is 35.6 Å². The Labute approximate surface area is 174 Å². The average Bonchev–Trinajstić information content (AvgIpc) is 3.13. The maximum absolute atomic E-state index is 14.5. The lowest BCUT2D eigenvalue weighted by Gasteiger charge is -2.20. The third kappa shape index (κ3) is 3.50. The molecular weight excluding hydrogens is 405 g/mol. The largest absolute Gasteiger partial charge is 0.497 e. The highest BCUT2D eigenvalue weighted by molar-refractivity contribution is 7.90. The van der Waals surface area contributed by atoms with Gasteiger partial charge in [-0.1, -0.05) is 18.2 Å². The molecule has 0 spiro atoms. The maximum atomic E-state index is 14.5.